The number of urea groups is 2. The number of carbonyl (C=O) groups excluding carboxylic acids is 2. The fraction of sp³-hybridized carbons (Fsp3) is 0.800. The third-order valence-electron chi connectivity index (χ3n) is 3.79. The molecule has 0 unspecified atom stereocenters. The lowest BCUT2D eigenvalue weighted by Crippen LogP contribution is -2.73. The van der Waals surface area contributed by atoms with Crippen LogP contribution in [0.25, 0.3) is 0 Å². The zero-order valence-corrected chi connectivity index (χ0v) is 10.0. The summed E-state index contributed by atoms with van der Waals surface area (Å²) >= 11 is 0. The third-order valence-corrected chi connectivity index (χ3v) is 3.79. The standard InChI is InChI=1S/C10H18N4O2/c1-5-7-6(2)13(3)10(16)12-8(7)14(4)9(15)11-5/h5-8H,1-4H3,(H,11,15)(H,12,16)/t5-,6+,7+,8+/m1/s1. The van der Waals surface area contributed by atoms with Gasteiger partial charge in [-0.05, 0) is 13.8 Å². The molecule has 16 heavy (non-hydrogen) atoms. The van der Waals surface area contributed by atoms with Gasteiger partial charge in [0.05, 0.1) is 0 Å². The Morgan fingerprint density at radius 1 is 1.00 bits per heavy atom. The van der Waals surface area contributed by atoms with Crippen LogP contribution in [0.15, 0.2) is 0 Å². The van der Waals surface area contributed by atoms with Gasteiger partial charge < -0.3 is 20.4 Å². The third kappa shape index (κ3) is 1.40. The largest absolute Gasteiger partial charge is 0.335 e. The molecule has 0 aromatic heterocycles. The Bertz CT molecular complexity index is 333. The van der Waals surface area contributed by atoms with Crippen LogP contribution in [0.4, 0.5) is 9.59 Å². The molecule has 0 aromatic rings. The molecule has 2 N–H and O–H groups in total. The highest BCUT2D eigenvalue weighted by Crippen LogP contribution is 2.27. The SMILES string of the molecule is C[C@H]1NC(=O)N(C)[C@@H]2NC(=O)N(C)[C@@H](C)[C@@H]21. The summed E-state index contributed by atoms with van der Waals surface area (Å²) in [7, 11) is 3.48. The van der Waals surface area contributed by atoms with E-state index in [2.05, 4.69) is 10.6 Å². The zero-order valence-electron chi connectivity index (χ0n) is 10.0. The summed E-state index contributed by atoms with van der Waals surface area (Å²) in [5.41, 5.74) is 0. The molecular formula is C10H18N4O2. The highest BCUT2D eigenvalue weighted by molar-refractivity contribution is 5.80. The molecule has 0 aromatic carbocycles. The number of carbonyl (C=O) groups is 2. The summed E-state index contributed by atoms with van der Waals surface area (Å²) in [6.07, 6.45) is -0.206. The normalized spacial score (nSPS) is 39.0. The van der Waals surface area contributed by atoms with Gasteiger partial charge in [0.1, 0.15) is 6.17 Å². The minimum absolute atomic E-state index is 0.0618. The lowest BCUT2D eigenvalue weighted by Gasteiger charge is -2.51. The maximum absolute atomic E-state index is 11.7. The van der Waals surface area contributed by atoms with Crippen LogP contribution >= 0.6 is 0 Å². The smallest absolute Gasteiger partial charge is 0.319 e. The van der Waals surface area contributed by atoms with Gasteiger partial charge in [-0.2, -0.15) is 0 Å². The van der Waals surface area contributed by atoms with Gasteiger partial charge in [-0.25, -0.2) is 9.59 Å². The first-order valence-corrected chi connectivity index (χ1v) is 5.50. The Balaban J connectivity index is 2.29. The first kappa shape index (κ1) is 11.0. The predicted octanol–water partition coefficient (Wildman–Crippen LogP) is 0.0157. The maximum Gasteiger partial charge on any atom is 0.319 e. The van der Waals surface area contributed by atoms with E-state index in [0.717, 1.165) is 0 Å². The van der Waals surface area contributed by atoms with E-state index < -0.39 is 0 Å². The van der Waals surface area contributed by atoms with Crippen LogP contribution in [0.1, 0.15) is 13.8 Å². The van der Waals surface area contributed by atoms with Crippen LogP contribution in [-0.4, -0.2) is 54.2 Å². The van der Waals surface area contributed by atoms with Crippen LogP contribution in [0.2, 0.25) is 0 Å². The average molecular weight is 226 g/mol. The van der Waals surface area contributed by atoms with E-state index in [0.29, 0.717) is 0 Å². The van der Waals surface area contributed by atoms with Crippen molar-refractivity contribution in [3.63, 3.8) is 0 Å². The number of nitrogens with one attached hydrogen (secondary N) is 2. The molecule has 90 valence electrons. The van der Waals surface area contributed by atoms with Crippen molar-refractivity contribution in [2.24, 2.45) is 5.92 Å². The molecule has 2 rings (SSSR count). The van der Waals surface area contributed by atoms with Gasteiger partial charge in [-0.3, -0.25) is 0 Å². The monoisotopic (exact) mass is 226 g/mol. The Hall–Kier alpha value is -1.46. The van der Waals surface area contributed by atoms with Gasteiger partial charge in [0, 0.05) is 32.1 Å². The number of hydrogen-bond donors (Lipinski definition) is 2. The highest BCUT2D eigenvalue weighted by Gasteiger charge is 2.47. The Kier molecular flexibility index (Phi) is 2.44. The molecule has 2 saturated heterocycles. The van der Waals surface area contributed by atoms with E-state index >= 15 is 0 Å². The van der Waals surface area contributed by atoms with Crippen LogP contribution in [-0.2, 0) is 0 Å². The summed E-state index contributed by atoms with van der Waals surface area (Å²) in [4.78, 5) is 26.5. The summed E-state index contributed by atoms with van der Waals surface area (Å²) in [5, 5.41) is 5.76. The zero-order chi connectivity index (χ0) is 12.0. The average Bonchev–Trinajstić information content (AvgIpc) is 2.22. The topological polar surface area (TPSA) is 64.7 Å². The first-order chi connectivity index (χ1) is 7.43. The lowest BCUT2D eigenvalue weighted by atomic mass is 9.86. The number of nitrogens with zero attached hydrogens (tertiary/aromatic N) is 2. The van der Waals surface area contributed by atoms with E-state index in [1.165, 1.54) is 0 Å². The van der Waals surface area contributed by atoms with E-state index in [-0.39, 0.29) is 36.2 Å². The van der Waals surface area contributed by atoms with Crippen molar-refractivity contribution in [2.75, 3.05) is 14.1 Å². The molecule has 4 amide bonds. The molecule has 6 heteroatoms. The van der Waals surface area contributed by atoms with Gasteiger partial charge in [0.25, 0.3) is 0 Å². The van der Waals surface area contributed by atoms with Gasteiger partial charge in [0.2, 0.25) is 0 Å². The van der Waals surface area contributed by atoms with Gasteiger partial charge in [-0.1, -0.05) is 0 Å². The fourth-order valence-electron chi connectivity index (χ4n) is 2.60. The fourth-order valence-corrected chi connectivity index (χ4v) is 2.60. The maximum atomic E-state index is 11.7. The molecule has 0 spiro atoms. The number of rotatable bonds is 0. The quantitative estimate of drug-likeness (QED) is 0.611. The second-order valence-corrected chi connectivity index (χ2v) is 4.67. The van der Waals surface area contributed by atoms with Gasteiger partial charge in [0.15, 0.2) is 0 Å². The molecule has 2 fully saturated rings. The molecule has 6 nitrogen and oxygen atoms in total. The number of hydrogen-bond acceptors (Lipinski definition) is 2. The van der Waals surface area contributed by atoms with Crippen LogP contribution < -0.4 is 10.6 Å². The van der Waals surface area contributed by atoms with Gasteiger partial charge >= 0.3 is 12.1 Å². The molecule has 2 aliphatic rings. The van der Waals surface area contributed by atoms with Gasteiger partial charge in [-0.15, -0.1) is 0 Å². The Labute approximate surface area is 95.0 Å². The molecule has 0 saturated carbocycles. The van der Waals surface area contributed by atoms with Crippen molar-refractivity contribution in [2.45, 2.75) is 32.1 Å². The minimum atomic E-state index is -0.206. The van der Waals surface area contributed by atoms with Crippen LogP contribution in [0.3, 0.4) is 0 Å². The summed E-state index contributed by atoms with van der Waals surface area (Å²) in [6.45, 7) is 3.99. The van der Waals surface area contributed by atoms with E-state index in [4.69, 9.17) is 0 Å². The molecule has 2 heterocycles. The molecule has 2 aliphatic heterocycles. The summed E-state index contributed by atoms with van der Waals surface area (Å²) in [5.74, 6) is 0.199. The van der Waals surface area contributed by atoms with Crippen molar-refractivity contribution >= 4 is 12.1 Å². The molecular weight excluding hydrogens is 208 g/mol. The van der Waals surface area contributed by atoms with Crippen LogP contribution in [0.5, 0.6) is 0 Å². The Morgan fingerprint density at radius 3 is 2.19 bits per heavy atom. The molecule has 4 atom stereocenters. The van der Waals surface area contributed by atoms with Crippen molar-refractivity contribution in [1.82, 2.24) is 20.4 Å². The molecule has 0 aliphatic carbocycles. The van der Waals surface area contributed by atoms with Crippen molar-refractivity contribution < 1.29 is 9.59 Å². The second kappa shape index (κ2) is 3.54. The minimum Gasteiger partial charge on any atom is -0.335 e. The highest BCUT2D eigenvalue weighted by atomic mass is 16.2. The van der Waals surface area contributed by atoms with Crippen molar-refractivity contribution in [1.29, 1.82) is 0 Å². The molecule has 0 bridgehead atoms. The van der Waals surface area contributed by atoms with Crippen molar-refractivity contribution in [3.8, 4) is 0 Å². The van der Waals surface area contributed by atoms with E-state index in [1.54, 1.807) is 23.9 Å². The van der Waals surface area contributed by atoms with Crippen LogP contribution in [0, 0.1) is 5.92 Å². The summed E-state index contributed by atoms with van der Waals surface area (Å²) < 4.78 is 0. The van der Waals surface area contributed by atoms with E-state index in [9.17, 15) is 9.59 Å². The first-order valence-electron chi connectivity index (χ1n) is 5.50. The summed E-state index contributed by atoms with van der Waals surface area (Å²) in [6, 6.07) is -0.0862. The van der Waals surface area contributed by atoms with Crippen molar-refractivity contribution in [3.05, 3.63) is 0 Å². The Morgan fingerprint density at radius 2 is 1.56 bits per heavy atom. The number of fused-ring (bicyclic) bond motifs is 1. The van der Waals surface area contributed by atoms with E-state index in [1.807, 2.05) is 13.8 Å². The predicted molar refractivity (Wildman–Crippen MR) is 58.8 cm³/mol. The second-order valence-electron chi connectivity index (χ2n) is 4.67. The number of amides is 4. The lowest BCUT2D eigenvalue weighted by molar-refractivity contribution is 0.0318. The molecule has 0 radical (unpaired) electrons.